The summed E-state index contributed by atoms with van der Waals surface area (Å²) >= 11 is 5.57. The third-order valence-electron chi connectivity index (χ3n) is 3.53. The first-order chi connectivity index (χ1) is 12.2. The van der Waals surface area contributed by atoms with Crippen molar-refractivity contribution in [3.8, 4) is 0 Å². The molecule has 0 aliphatic heterocycles. The van der Waals surface area contributed by atoms with Crippen molar-refractivity contribution in [3.63, 3.8) is 0 Å². The molecule has 2 aromatic rings. The Kier molecular flexibility index (Phi) is 4.41. The normalized spacial score (nSPS) is 14.3. The van der Waals surface area contributed by atoms with Crippen LogP contribution in [0.2, 0.25) is 5.02 Å². The number of alkyl halides is 3. The fraction of sp³-hybridized carbons (Fsp3) is 0.125. The first-order valence-electron chi connectivity index (χ1n) is 7.06. The number of methoxy groups -OCH3 is 1. The fourth-order valence-electron chi connectivity index (χ4n) is 2.39. The Labute approximate surface area is 149 Å². The van der Waals surface area contributed by atoms with E-state index in [1.54, 1.807) is 0 Å². The maximum atomic E-state index is 13.0. The number of allylic oxidation sites excluding steroid dienone is 2. The molecule has 1 aromatic carbocycles. The number of carbonyl (C=O) groups excluding carboxylic acids is 2. The smallest absolute Gasteiger partial charge is 0.417 e. The molecule has 1 N–H and O–H groups in total. The van der Waals surface area contributed by atoms with E-state index in [4.69, 9.17) is 16.3 Å². The molecule has 0 spiro atoms. The van der Waals surface area contributed by atoms with Crippen LogP contribution >= 0.6 is 11.6 Å². The lowest BCUT2D eigenvalue weighted by Gasteiger charge is -2.20. The van der Waals surface area contributed by atoms with Crippen LogP contribution < -0.4 is 5.32 Å². The number of nitrogens with one attached hydrogen (secondary N) is 1. The molecule has 6 nitrogen and oxygen atoms in total. The minimum Gasteiger partial charge on any atom is -0.491 e. The van der Waals surface area contributed by atoms with Gasteiger partial charge in [-0.15, -0.1) is 0 Å². The van der Waals surface area contributed by atoms with Crippen LogP contribution in [0, 0.1) is 0 Å². The van der Waals surface area contributed by atoms with E-state index in [1.165, 1.54) is 18.5 Å². The number of Topliss-reactive ketones (excluding diaryl/α,β-unsaturated/α-hetero) is 2. The Morgan fingerprint density at radius 1 is 1.08 bits per heavy atom. The average Bonchev–Trinajstić information content (AvgIpc) is 2.60. The minimum atomic E-state index is -4.68. The van der Waals surface area contributed by atoms with Crippen molar-refractivity contribution < 1.29 is 27.5 Å². The van der Waals surface area contributed by atoms with Gasteiger partial charge in [-0.05, 0) is 18.2 Å². The Hall–Kier alpha value is -2.94. The number of aromatic nitrogens is 2. The van der Waals surface area contributed by atoms with Crippen LogP contribution in [0.5, 0.6) is 0 Å². The third kappa shape index (κ3) is 3.01. The van der Waals surface area contributed by atoms with Crippen LogP contribution in [0.4, 0.5) is 18.9 Å². The van der Waals surface area contributed by atoms with Gasteiger partial charge in [-0.3, -0.25) is 9.59 Å². The highest BCUT2D eigenvalue weighted by molar-refractivity contribution is 6.31. The number of carbonyl (C=O) groups is 2. The van der Waals surface area contributed by atoms with Gasteiger partial charge in [0, 0.05) is 18.1 Å². The predicted octanol–water partition coefficient (Wildman–Crippen LogP) is 3.50. The number of ketones is 2. The molecule has 26 heavy (non-hydrogen) atoms. The van der Waals surface area contributed by atoms with Gasteiger partial charge in [0.1, 0.15) is 17.1 Å². The predicted molar refractivity (Wildman–Crippen MR) is 84.8 cm³/mol. The molecule has 0 radical (unpaired) electrons. The number of halogens is 4. The molecule has 0 bridgehead atoms. The highest BCUT2D eigenvalue weighted by Crippen LogP contribution is 2.37. The zero-order valence-corrected chi connectivity index (χ0v) is 13.8. The van der Waals surface area contributed by atoms with Gasteiger partial charge in [-0.1, -0.05) is 11.6 Å². The quantitative estimate of drug-likeness (QED) is 0.873. The SMILES string of the molecule is COC1=C(Nc2ccc(Cl)c(C(F)(F)F)c2)C(=O)c2nccnc2C1=O. The zero-order chi connectivity index (χ0) is 19.1. The summed E-state index contributed by atoms with van der Waals surface area (Å²) in [5.41, 5.74) is -1.92. The molecule has 1 aromatic heterocycles. The summed E-state index contributed by atoms with van der Waals surface area (Å²) in [5.74, 6) is -1.80. The Morgan fingerprint density at radius 2 is 1.69 bits per heavy atom. The molecule has 0 unspecified atom stereocenters. The highest BCUT2D eigenvalue weighted by atomic mass is 35.5. The van der Waals surface area contributed by atoms with E-state index in [0.29, 0.717) is 0 Å². The summed E-state index contributed by atoms with van der Waals surface area (Å²) in [6.45, 7) is 0. The van der Waals surface area contributed by atoms with E-state index in [0.717, 1.165) is 19.2 Å². The van der Waals surface area contributed by atoms with Gasteiger partial charge in [0.25, 0.3) is 5.78 Å². The summed E-state index contributed by atoms with van der Waals surface area (Å²) in [6, 6.07) is 3.00. The van der Waals surface area contributed by atoms with E-state index in [2.05, 4.69) is 15.3 Å². The zero-order valence-electron chi connectivity index (χ0n) is 13.0. The van der Waals surface area contributed by atoms with Gasteiger partial charge < -0.3 is 10.1 Å². The Bertz CT molecular complexity index is 957. The fourth-order valence-corrected chi connectivity index (χ4v) is 2.61. The molecule has 1 heterocycles. The lowest BCUT2D eigenvalue weighted by molar-refractivity contribution is -0.137. The standard InChI is InChI=1S/C16H9ClF3N3O3/c1-26-15-12(13(24)10-11(14(15)25)22-5-4-21-10)23-7-2-3-9(17)8(6-7)16(18,19)20/h2-6,23H,1H3. The van der Waals surface area contributed by atoms with Gasteiger partial charge in [-0.25, -0.2) is 9.97 Å². The monoisotopic (exact) mass is 383 g/mol. The first-order valence-corrected chi connectivity index (χ1v) is 7.44. The summed E-state index contributed by atoms with van der Waals surface area (Å²) in [7, 11) is 1.16. The van der Waals surface area contributed by atoms with Crippen LogP contribution in [0.25, 0.3) is 0 Å². The van der Waals surface area contributed by atoms with Crippen molar-refractivity contribution in [3.05, 3.63) is 64.0 Å². The lowest BCUT2D eigenvalue weighted by atomic mass is 9.99. The van der Waals surface area contributed by atoms with Crippen molar-refractivity contribution in [2.24, 2.45) is 0 Å². The highest BCUT2D eigenvalue weighted by Gasteiger charge is 2.37. The number of hydrogen-bond donors (Lipinski definition) is 1. The minimum absolute atomic E-state index is 0.0974. The van der Waals surface area contributed by atoms with E-state index in [9.17, 15) is 22.8 Å². The molecule has 10 heteroatoms. The van der Waals surface area contributed by atoms with Gasteiger partial charge in [0.05, 0.1) is 17.7 Å². The van der Waals surface area contributed by atoms with Gasteiger partial charge in [0.15, 0.2) is 5.76 Å². The topological polar surface area (TPSA) is 81.2 Å². The third-order valence-corrected chi connectivity index (χ3v) is 3.86. The number of fused-ring (bicyclic) bond motifs is 1. The number of nitrogens with zero attached hydrogens (tertiary/aromatic N) is 2. The molecule has 1 aliphatic rings. The molecule has 0 fully saturated rings. The second-order valence-electron chi connectivity index (χ2n) is 5.14. The Balaban J connectivity index is 2.07. The van der Waals surface area contributed by atoms with Gasteiger partial charge in [0.2, 0.25) is 5.78 Å². The van der Waals surface area contributed by atoms with Crippen molar-refractivity contribution in [1.82, 2.24) is 9.97 Å². The largest absolute Gasteiger partial charge is 0.491 e. The number of anilines is 1. The molecule has 134 valence electrons. The summed E-state index contributed by atoms with van der Waals surface area (Å²) < 4.78 is 44.0. The molecule has 0 amide bonds. The lowest BCUT2D eigenvalue weighted by Crippen LogP contribution is -2.29. The molecule has 0 saturated heterocycles. The van der Waals surface area contributed by atoms with Gasteiger partial charge in [-0.2, -0.15) is 13.2 Å². The second-order valence-corrected chi connectivity index (χ2v) is 5.54. The van der Waals surface area contributed by atoms with Crippen molar-refractivity contribution >= 4 is 28.9 Å². The number of hydrogen-bond acceptors (Lipinski definition) is 6. The number of benzene rings is 1. The maximum absolute atomic E-state index is 13.0. The Morgan fingerprint density at radius 3 is 2.27 bits per heavy atom. The maximum Gasteiger partial charge on any atom is 0.417 e. The van der Waals surface area contributed by atoms with Crippen molar-refractivity contribution in [2.75, 3.05) is 12.4 Å². The molecule has 1 aliphatic carbocycles. The average molecular weight is 384 g/mol. The summed E-state index contributed by atoms with van der Waals surface area (Å²) in [6.07, 6.45) is -2.22. The first kappa shape index (κ1) is 17.9. The van der Waals surface area contributed by atoms with Crippen LogP contribution in [0.15, 0.2) is 42.0 Å². The number of ether oxygens (including phenoxy) is 1. The molecular weight excluding hydrogens is 375 g/mol. The van der Waals surface area contributed by atoms with Crippen LogP contribution in [0.1, 0.15) is 26.5 Å². The van der Waals surface area contributed by atoms with Crippen molar-refractivity contribution in [1.29, 1.82) is 0 Å². The van der Waals surface area contributed by atoms with Crippen molar-refractivity contribution in [2.45, 2.75) is 6.18 Å². The molecule has 0 atom stereocenters. The number of rotatable bonds is 3. The summed E-state index contributed by atoms with van der Waals surface area (Å²) in [4.78, 5) is 32.6. The molecule has 0 saturated carbocycles. The van der Waals surface area contributed by atoms with Crippen LogP contribution in [0.3, 0.4) is 0 Å². The molecular formula is C16H9ClF3N3O3. The second kappa shape index (κ2) is 6.41. The van der Waals surface area contributed by atoms with E-state index in [-0.39, 0.29) is 28.5 Å². The van der Waals surface area contributed by atoms with Crippen LogP contribution in [-0.2, 0) is 10.9 Å². The van der Waals surface area contributed by atoms with Gasteiger partial charge >= 0.3 is 6.18 Å². The van der Waals surface area contributed by atoms with Crippen LogP contribution in [-0.4, -0.2) is 28.6 Å². The van der Waals surface area contributed by atoms with E-state index >= 15 is 0 Å². The summed E-state index contributed by atoms with van der Waals surface area (Å²) in [5, 5.41) is 2.01. The van der Waals surface area contributed by atoms with E-state index < -0.39 is 28.3 Å². The van der Waals surface area contributed by atoms with E-state index in [1.807, 2.05) is 0 Å². The molecule has 3 rings (SSSR count).